The maximum atomic E-state index is 11.6. The number of nitrogens with one attached hydrogen (secondary N) is 2. The first kappa shape index (κ1) is 25.4. The van der Waals surface area contributed by atoms with Crippen LogP contribution in [0.5, 0.6) is 11.5 Å². The molecule has 1 aliphatic rings. The maximum Gasteiger partial charge on any atom is 0.229 e. The van der Waals surface area contributed by atoms with Crippen LogP contribution in [0.15, 0.2) is 23.2 Å². The molecule has 2 heterocycles. The summed E-state index contributed by atoms with van der Waals surface area (Å²) in [5, 5.41) is 6.83. The fourth-order valence-corrected chi connectivity index (χ4v) is 4.06. The topological polar surface area (TPSA) is 127 Å². The average molecular weight is 506 g/mol. The van der Waals surface area contributed by atoms with E-state index in [4.69, 9.17) is 39.0 Å². The third-order valence-electron chi connectivity index (χ3n) is 5.33. The number of anilines is 2. The van der Waals surface area contributed by atoms with E-state index in [9.17, 15) is 4.79 Å². The number of ether oxygens (including phenoxy) is 2. The van der Waals surface area contributed by atoms with E-state index < -0.39 is 0 Å². The lowest BCUT2D eigenvalue weighted by Crippen LogP contribution is -2.45. The standard InChI is InChI=1S/C22H28ClN7O3S/c1-12-9-13(2)26-20(25-12)28-21(30-7-5-14(6-8-30)19(24)31)29-22(34)27-16-11-17(32-3)15(23)10-18(16)33-4/h9-11,14H,5-8H2,1-4H3,(H2,24,31)(H2,25,26,27,28,29,34). The Bertz CT molecular complexity index is 1080. The second-order valence-electron chi connectivity index (χ2n) is 7.82. The molecule has 0 bridgehead atoms. The number of carbonyl (C=O) groups excluding carboxylic acids is 1. The van der Waals surface area contributed by atoms with Crippen molar-refractivity contribution in [2.24, 2.45) is 16.6 Å². The number of aromatic nitrogens is 2. The second-order valence-corrected chi connectivity index (χ2v) is 8.61. The molecular weight excluding hydrogens is 478 g/mol. The van der Waals surface area contributed by atoms with Crippen molar-refractivity contribution >= 4 is 52.4 Å². The number of primary amides is 1. The Kier molecular flexibility index (Phi) is 8.46. The van der Waals surface area contributed by atoms with E-state index in [1.807, 2.05) is 24.8 Å². The molecule has 3 rings (SSSR count). The van der Waals surface area contributed by atoms with E-state index in [0.29, 0.717) is 60.0 Å². The Hall–Kier alpha value is -3.18. The molecular formula is C22H28ClN7O3S. The summed E-state index contributed by atoms with van der Waals surface area (Å²) in [7, 11) is 3.05. The molecule has 10 nitrogen and oxygen atoms in total. The molecule has 0 radical (unpaired) electrons. The Balaban J connectivity index is 1.88. The molecule has 1 fully saturated rings. The Labute approximate surface area is 208 Å². The predicted molar refractivity (Wildman–Crippen MR) is 137 cm³/mol. The van der Waals surface area contributed by atoms with Crippen molar-refractivity contribution in [1.82, 2.24) is 14.9 Å². The number of halogens is 1. The number of likely N-dealkylation sites (tertiary alicyclic amines) is 1. The fourth-order valence-electron chi connectivity index (χ4n) is 3.63. The molecule has 0 saturated carbocycles. The normalized spacial score (nSPS) is 14.5. The van der Waals surface area contributed by atoms with Crippen LogP contribution in [0.4, 0.5) is 11.6 Å². The first-order valence-corrected chi connectivity index (χ1v) is 11.4. The van der Waals surface area contributed by atoms with Crippen molar-refractivity contribution in [3.63, 3.8) is 0 Å². The van der Waals surface area contributed by atoms with Gasteiger partial charge in [0, 0.05) is 42.5 Å². The molecule has 1 saturated heterocycles. The number of piperidine rings is 1. The number of aliphatic imine (C=N–C) groups is 1. The minimum Gasteiger partial charge on any atom is -0.495 e. The zero-order valence-electron chi connectivity index (χ0n) is 19.5. The Morgan fingerprint density at radius 1 is 1.12 bits per heavy atom. The summed E-state index contributed by atoms with van der Waals surface area (Å²) in [4.78, 5) is 27.1. The summed E-state index contributed by atoms with van der Waals surface area (Å²) in [5.74, 6) is 1.37. The highest BCUT2D eigenvalue weighted by Gasteiger charge is 2.26. The predicted octanol–water partition coefficient (Wildman–Crippen LogP) is 3.13. The molecule has 1 aromatic heterocycles. The number of methoxy groups -OCH3 is 2. The molecule has 1 aliphatic heterocycles. The summed E-state index contributed by atoms with van der Waals surface area (Å²) in [6.45, 7) is 4.93. The van der Waals surface area contributed by atoms with E-state index in [1.165, 1.54) is 14.2 Å². The van der Waals surface area contributed by atoms with E-state index in [1.54, 1.807) is 12.1 Å². The van der Waals surface area contributed by atoms with E-state index >= 15 is 0 Å². The van der Waals surface area contributed by atoms with Crippen LogP contribution in [-0.2, 0) is 4.79 Å². The van der Waals surface area contributed by atoms with Gasteiger partial charge in [0.2, 0.25) is 22.9 Å². The summed E-state index contributed by atoms with van der Waals surface area (Å²) in [6.07, 6.45) is 1.23. The van der Waals surface area contributed by atoms with E-state index in [0.717, 1.165) is 11.4 Å². The van der Waals surface area contributed by atoms with Gasteiger partial charge in [-0.15, -0.1) is 0 Å². The van der Waals surface area contributed by atoms with Gasteiger partial charge >= 0.3 is 0 Å². The van der Waals surface area contributed by atoms with Crippen LogP contribution >= 0.6 is 23.8 Å². The summed E-state index contributed by atoms with van der Waals surface area (Å²) in [5.41, 5.74) is 7.68. The van der Waals surface area contributed by atoms with Crippen molar-refractivity contribution < 1.29 is 14.3 Å². The third kappa shape index (κ3) is 6.45. The second kappa shape index (κ2) is 11.3. The van der Waals surface area contributed by atoms with Crippen LogP contribution in [0.25, 0.3) is 0 Å². The van der Waals surface area contributed by atoms with E-state index in [-0.39, 0.29) is 16.9 Å². The minimum atomic E-state index is -0.287. The van der Waals surface area contributed by atoms with E-state index in [2.05, 4.69) is 25.6 Å². The highest BCUT2D eigenvalue weighted by atomic mass is 35.5. The number of hydrogen-bond donors (Lipinski definition) is 3. The van der Waals surface area contributed by atoms with Crippen molar-refractivity contribution in [3.8, 4) is 11.5 Å². The number of amides is 1. The van der Waals surface area contributed by atoms with Gasteiger partial charge in [-0.1, -0.05) is 11.6 Å². The lowest BCUT2D eigenvalue weighted by molar-refractivity contribution is -0.122. The average Bonchev–Trinajstić information content (AvgIpc) is 2.78. The molecule has 1 amide bonds. The van der Waals surface area contributed by atoms with Gasteiger partial charge in [-0.3, -0.25) is 10.1 Å². The van der Waals surface area contributed by atoms with Crippen molar-refractivity contribution in [2.75, 3.05) is 37.9 Å². The molecule has 12 heteroatoms. The number of hydrogen-bond acceptors (Lipinski definition) is 6. The first-order chi connectivity index (χ1) is 16.2. The highest BCUT2D eigenvalue weighted by Crippen LogP contribution is 2.36. The van der Waals surface area contributed by atoms with Crippen LogP contribution in [0, 0.1) is 19.8 Å². The minimum absolute atomic E-state index is 0.161. The molecule has 2 aromatic rings. The van der Waals surface area contributed by atoms with Gasteiger partial charge < -0.3 is 25.4 Å². The van der Waals surface area contributed by atoms with Crippen molar-refractivity contribution in [1.29, 1.82) is 0 Å². The Morgan fingerprint density at radius 3 is 2.29 bits per heavy atom. The fraction of sp³-hybridized carbons (Fsp3) is 0.409. The van der Waals surface area contributed by atoms with Gasteiger partial charge in [0.15, 0.2) is 0 Å². The van der Waals surface area contributed by atoms with Gasteiger partial charge in [-0.05, 0) is 45.0 Å². The summed E-state index contributed by atoms with van der Waals surface area (Å²) < 4.78 is 10.7. The van der Waals surface area contributed by atoms with Gasteiger partial charge in [-0.2, -0.15) is 4.99 Å². The third-order valence-corrected chi connectivity index (χ3v) is 5.81. The largest absolute Gasteiger partial charge is 0.495 e. The van der Waals surface area contributed by atoms with Crippen molar-refractivity contribution in [3.05, 3.63) is 34.6 Å². The number of carbonyl (C=O) groups is 1. The zero-order chi connectivity index (χ0) is 24.8. The molecule has 4 N–H and O–H groups in total. The lowest BCUT2D eigenvalue weighted by atomic mass is 9.96. The van der Waals surface area contributed by atoms with Crippen molar-refractivity contribution in [2.45, 2.75) is 26.7 Å². The SMILES string of the molecule is COc1cc(NC(=S)/N=C(/Nc2nc(C)cc(C)n2)N2CCC(C(N)=O)CC2)c(OC)cc1Cl. The first-order valence-electron chi connectivity index (χ1n) is 10.6. The monoisotopic (exact) mass is 505 g/mol. The number of benzene rings is 1. The zero-order valence-corrected chi connectivity index (χ0v) is 21.1. The quantitative estimate of drug-likeness (QED) is 0.319. The van der Waals surface area contributed by atoms with Crippen LogP contribution in [0.1, 0.15) is 24.2 Å². The summed E-state index contributed by atoms with van der Waals surface area (Å²) >= 11 is 11.7. The number of nitrogens with two attached hydrogens (primary N) is 1. The number of guanidine groups is 1. The molecule has 34 heavy (non-hydrogen) atoms. The number of nitrogens with zero attached hydrogens (tertiary/aromatic N) is 4. The highest BCUT2D eigenvalue weighted by molar-refractivity contribution is 7.80. The molecule has 182 valence electrons. The van der Waals surface area contributed by atoms with Gasteiger partial charge in [0.05, 0.1) is 24.9 Å². The van der Waals surface area contributed by atoms with Crippen LogP contribution in [0.3, 0.4) is 0 Å². The lowest BCUT2D eigenvalue weighted by Gasteiger charge is -2.32. The molecule has 0 spiro atoms. The van der Waals surface area contributed by atoms with Gasteiger partial charge in [-0.25, -0.2) is 9.97 Å². The molecule has 0 unspecified atom stereocenters. The summed E-state index contributed by atoms with van der Waals surface area (Å²) in [6, 6.07) is 5.19. The number of thiocarbonyl (C=S) groups is 1. The van der Waals surface area contributed by atoms with Crippen LogP contribution in [0.2, 0.25) is 5.02 Å². The smallest absolute Gasteiger partial charge is 0.229 e. The van der Waals surface area contributed by atoms with Crippen LogP contribution in [-0.4, -0.2) is 59.2 Å². The molecule has 0 atom stereocenters. The van der Waals surface area contributed by atoms with Gasteiger partial charge in [0.1, 0.15) is 11.5 Å². The Morgan fingerprint density at radius 2 is 1.74 bits per heavy atom. The van der Waals surface area contributed by atoms with Gasteiger partial charge in [0.25, 0.3) is 0 Å². The number of rotatable bonds is 5. The molecule has 0 aliphatic carbocycles. The number of aryl methyl sites for hydroxylation is 2. The maximum absolute atomic E-state index is 11.6. The van der Waals surface area contributed by atoms with Crippen LogP contribution < -0.4 is 25.8 Å². The molecule has 1 aromatic carbocycles.